The third-order valence-electron chi connectivity index (χ3n) is 3.52. The van der Waals surface area contributed by atoms with Crippen LogP contribution in [0.25, 0.3) is 10.2 Å². The molecular weight excluding hydrogens is 278 g/mol. The molecule has 2 aromatic rings. The van der Waals surface area contributed by atoms with Gasteiger partial charge >= 0.3 is 5.97 Å². The molecule has 1 saturated carbocycles. The van der Waals surface area contributed by atoms with Crippen LogP contribution in [0.1, 0.15) is 29.9 Å². The van der Waals surface area contributed by atoms with Crippen LogP contribution in [0.5, 0.6) is 0 Å². The zero-order valence-electron chi connectivity index (χ0n) is 10.6. The summed E-state index contributed by atoms with van der Waals surface area (Å²) >= 11 is 1.39. The number of nitrogens with one attached hydrogen (secondary N) is 1. The van der Waals surface area contributed by atoms with Gasteiger partial charge in [0, 0.05) is 12.0 Å². The number of aromatic carboxylic acids is 1. The SMILES string of the molecule is O=C[C@H]1CC[C@@H](Nc2nc(C(=O)O)nc3sccc23)C1. The number of rotatable bonds is 4. The minimum Gasteiger partial charge on any atom is -0.475 e. The molecule has 3 rings (SSSR count). The van der Waals surface area contributed by atoms with Crippen molar-refractivity contribution in [2.45, 2.75) is 25.3 Å². The largest absolute Gasteiger partial charge is 0.475 e. The van der Waals surface area contributed by atoms with Crippen molar-refractivity contribution in [3.63, 3.8) is 0 Å². The molecule has 2 N–H and O–H groups in total. The van der Waals surface area contributed by atoms with E-state index < -0.39 is 5.97 Å². The zero-order chi connectivity index (χ0) is 14.1. The minimum absolute atomic E-state index is 0.0891. The Morgan fingerprint density at radius 1 is 1.45 bits per heavy atom. The van der Waals surface area contributed by atoms with E-state index in [1.165, 1.54) is 11.3 Å². The van der Waals surface area contributed by atoms with E-state index in [-0.39, 0.29) is 17.8 Å². The van der Waals surface area contributed by atoms with Crippen LogP contribution in [0.4, 0.5) is 5.82 Å². The van der Waals surface area contributed by atoms with Crippen molar-refractivity contribution in [3.05, 3.63) is 17.3 Å². The summed E-state index contributed by atoms with van der Waals surface area (Å²) in [5, 5.41) is 15.0. The first-order valence-electron chi connectivity index (χ1n) is 6.37. The molecule has 1 aliphatic carbocycles. The Hall–Kier alpha value is -2.02. The summed E-state index contributed by atoms with van der Waals surface area (Å²) in [5.41, 5.74) is 0. The van der Waals surface area contributed by atoms with Crippen molar-refractivity contribution in [2.24, 2.45) is 5.92 Å². The van der Waals surface area contributed by atoms with Crippen molar-refractivity contribution < 1.29 is 14.7 Å². The Kier molecular flexibility index (Phi) is 3.35. The lowest BCUT2D eigenvalue weighted by Crippen LogP contribution is -2.18. The Bertz CT molecular complexity index is 670. The van der Waals surface area contributed by atoms with E-state index in [0.717, 1.165) is 30.9 Å². The van der Waals surface area contributed by atoms with E-state index in [0.29, 0.717) is 10.6 Å². The molecule has 7 heteroatoms. The average molecular weight is 291 g/mol. The fraction of sp³-hybridized carbons (Fsp3) is 0.385. The van der Waals surface area contributed by atoms with Gasteiger partial charge in [0.15, 0.2) is 0 Å². The van der Waals surface area contributed by atoms with Crippen molar-refractivity contribution in [3.8, 4) is 0 Å². The maximum absolute atomic E-state index is 11.1. The van der Waals surface area contributed by atoms with Gasteiger partial charge in [0.2, 0.25) is 5.82 Å². The van der Waals surface area contributed by atoms with Gasteiger partial charge in [0.05, 0.1) is 5.39 Å². The van der Waals surface area contributed by atoms with E-state index in [4.69, 9.17) is 5.11 Å². The molecule has 0 radical (unpaired) electrons. The van der Waals surface area contributed by atoms with Crippen LogP contribution in [-0.4, -0.2) is 33.4 Å². The van der Waals surface area contributed by atoms with E-state index in [9.17, 15) is 9.59 Å². The number of fused-ring (bicyclic) bond motifs is 1. The van der Waals surface area contributed by atoms with Crippen LogP contribution in [0.3, 0.4) is 0 Å². The van der Waals surface area contributed by atoms with Crippen LogP contribution in [0.15, 0.2) is 11.4 Å². The summed E-state index contributed by atoms with van der Waals surface area (Å²) in [7, 11) is 0. The predicted molar refractivity (Wildman–Crippen MR) is 75.2 cm³/mol. The van der Waals surface area contributed by atoms with E-state index >= 15 is 0 Å². The topological polar surface area (TPSA) is 92.2 Å². The zero-order valence-corrected chi connectivity index (χ0v) is 11.4. The second-order valence-corrected chi connectivity index (χ2v) is 5.79. The van der Waals surface area contributed by atoms with Gasteiger partial charge in [-0.3, -0.25) is 0 Å². The maximum atomic E-state index is 11.1. The lowest BCUT2D eigenvalue weighted by atomic mass is 10.1. The van der Waals surface area contributed by atoms with E-state index in [2.05, 4.69) is 15.3 Å². The summed E-state index contributed by atoms with van der Waals surface area (Å²) in [6.07, 6.45) is 3.51. The van der Waals surface area contributed by atoms with E-state index in [1.54, 1.807) is 0 Å². The number of carbonyl (C=O) groups is 2. The van der Waals surface area contributed by atoms with Gasteiger partial charge in [-0.05, 0) is 30.7 Å². The summed E-state index contributed by atoms with van der Waals surface area (Å²) in [4.78, 5) is 30.6. The number of carboxylic acids is 1. The van der Waals surface area contributed by atoms with Gasteiger partial charge in [-0.15, -0.1) is 11.3 Å². The molecule has 0 saturated heterocycles. The quantitative estimate of drug-likeness (QED) is 0.839. The number of aldehydes is 1. The Morgan fingerprint density at radius 2 is 2.30 bits per heavy atom. The molecule has 0 bridgehead atoms. The highest BCUT2D eigenvalue weighted by atomic mass is 32.1. The van der Waals surface area contributed by atoms with Gasteiger partial charge in [0.1, 0.15) is 16.9 Å². The molecule has 1 fully saturated rings. The number of thiophene rings is 1. The van der Waals surface area contributed by atoms with Crippen LogP contribution in [-0.2, 0) is 4.79 Å². The molecule has 20 heavy (non-hydrogen) atoms. The summed E-state index contributed by atoms with van der Waals surface area (Å²) in [6.45, 7) is 0. The van der Waals surface area contributed by atoms with Gasteiger partial charge < -0.3 is 15.2 Å². The van der Waals surface area contributed by atoms with Gasteiger partial charge in [0.25, 0.3) is 0 Å². The first kappa shape index (κ1) is 13.0. The van der Waals surface area contributed by atoms with Crippen molar-refractivity contribution >= 4 is 39.6 Å². The number of carboxylic acid groups (broad SMARTS) is 1. The number of anilines is 1. The summed E-state index contributed by atoms with van der Waals surface area (Å²) in [5.74, 6) is -0.704. The lowest BCUT2D eigenvalue weighted by Gasteiger charge is -2.14. The standard InChI is InChI=1S/C13H13N3O3S/c17-6-7-1-2-8(5-7)14-10-9-3-4-20-12(9)16-11(15-10)13(18)19/h3-4,6-8H,1-2,5H2,(H,18,19)(H,14,15,16)/t7-,8+/m0/s1. The van der Waals surface area contributed by atoms with Gasteiger partial charge in [-0.25, -0.2) is 14.8 Å². The van der Waals surface area contributed by atoms with Crippen LogP contribution in [0, 0.1) is 5.92 Å². The molecule has 2 aromatic heterocycles. The third-order valence-corrected chi connectivity index (χ3v) is 4.33. The highest BCUT2D eigenvalue weighted by molar-refractivity contribution is 7.16. The molecule has 0 unspecified atom stereocenters. The van der Waals surface area contributed by atoms with Crippen molar-refractivity contribution in [1.82, 2.24) is 9.97 Å². The molecule has 6 nitrogen and oxygen atoms in total. The minimum atomic E-state index is -1.14. The highest BCUT2D eigenvalue weighted by Crippen LogP contribution is 2.30. The Morgan fingerprint density at radius 3 is 3.00 bits per heavy atom. The Balaban J connectivity index is 1.92. The summed E-state index contributed by atoms with van der Waals surface area (Å²) in [6, 6.07) is 2.03. The van der Waals surface area contributed by atoms with Crippen LogP contribution in [0.2, 0.25) is 0 Å². The molecule has 1 aliphatic rings. The monoisotopic (exact) mass is 291 g/mol. The molecule has 2 atom stereocenters. The molecular formula is C13H13N3O3S. The van der Waals surface area contributed by atoms with Crippen LogP contribution >= 0.6 is 11.3 Å². The molecule has 0 aromatic carbocycles. The average Bonchev–Trinajstić information content (AvgIpc) is 3.06. The van der Waals surface area contributed by atoms with Crippen LogP contribution < -0.4 is 5.32 Å². The first-order valence-corrected chi connectivity index (χ1v) is 7.25. The number of carbonyl (C=O) groups excluding carboxylic acids is 1. The molecule has 0 amide bonds. The number of aromatic nitrogens is 2. The maximum Gasteiger partial charge on any atom is 0.374 e. The molecule has 2 heterocycles. The van der Waals surface area contributed by atoms with Crippen molar-refractivity contribution in [1.29, 1.82) is 0 Å². The van der Waals surface area contributed by atoms with Gasteiger partial charge in [-0.1, -0.05) is 0 Å². The molecule has 0 spiro atoms. The van der Waals surface area contributed by atoms with E-state index in [1.807, 2.05) is 11.4 Å². The molecule has 0 aliphatic heterocycles. The number of hydrogen-bond acceptors (Lipinski definition) is 6. The normalized spacial score (nSPS) is 22.0. The first-order chi connectivity index (χ1) is 9.67. The van der Waals surface area contributed by atoms with Gasteiger partial charge in [-0.2, -0.15) is 0 Å². The molecule has 104 valence electrons. The van der Waals surface area contributed by atoms with Crippen molar-refractivity contribution in [2.75, 3.05) is 5.32 Å². The number of nitrogens with zero attached hydrogens (tertiary/aromatic N) is 2. The second-order valence-electron chi connectivity index (χ2n) is 4.89. The fourth-order valence-corrected chi connectivity index (χ4v) is 3.29. The third kappa shape index (κ3) is 2.36. The second kappa shape index (κ2) is 5.16. The number of hydrogen-bond donors (Lipinski definition) is 2. The Labute approximate surface area is 118 Å². The fourth-order valence-electron chi connectivity index (χ4n) is 2.53. The summed E-state index contributed by atoms with van der Waals surface area (Å²) < 4.78 is 0. The smallest absolute Gasteiger partial charge is 0.374 e. The predicted octanol–water partition coefficient (Wildman–Crippen LogP) is 2.17. The lowest BCUT2D eigenvalue weighted by molar-refractivity contribution is -0.110. The highest BCUT2D eigenvalue weighted by Gasteiger charge is 2.25.